The zero-order valence-corrected chi connectivity index (χ0v) is 12.1. The molecule has 1 atom stereocenters. The van der Waals surface area contributed by atoms with Gasteiger partial charge in [-0.05, 0) is 44.7 Å². The third-order valence-electron chi connectivity index (χ3n) is 3.13. The lowest BCUT2D eigenvalue weighted by Crippen LogP contribution is -2.43. The fraction of sp³-hybridized carbons (Fsp3) is 0.467. The number of nitrogens with one attached hydrogen (secondary N) is 1. The monoisotopic (exact) mass is 280 g/mol. The maximum atomic E-state index is 12.8. The van der Waals surface area contributed by atoms with Gasteiger partial charge in [0, 0.05) is 12.1 Å². The summed E-state index contributed by atoms with van der Waals surface area (Å²) < 4.78 is 12.8. The zero-order valence-electron chi connectivity index (χ0n) is 12.1. The SMILES string of the molecule is CCCNC(=O)CN(C)C(C)C(=O)c1ccc(F)cc1. The molecule has 1 amide bonds. The Morgan fingerprint density at radius 3 is 2.45 bits per heavy atom. The Morgan fingerprint density at radius 2 is 1.90 bits per heavy atom. The average molecular weight is 280 g/mol. The van der Waals surface area contributed by atoms with Gasteiger partial charge in [0.2, 0.25) is 5.91 Å². The summed E-state index contributed by atoms with van der Waals surface area (Å²) in [6.45, 7) is 4.50. The topological polar surface area (TPSA) is 49.4 Å². The van der Waals surface area contributed by atoms with E-state index in [0.717, 1.165) is 6.42 Å². The van der Waals surface area contributed by atoms with E-state index in [1.807, 2.05) is 6.92 Å². The van der Waals surface area contributed by atoms with Crippen LogP contribution in [0.25, 0.3) is 0 Å². The van der Waals surface area contributed by atoms with Gasteiger partial charge in [-0.1, -0.05) is 6.92 Å². The van der Waals surface area contributed by atoms with Crippen molar-refractivity contribution in [1.29, 1.82) is 0 Å². The van der Waals surface area contributed by atoms with Gasteiger partial charge < -0.3 is 5.32 Å². The summed E-state index contributed by atoms with van der Waals surface area (Å²) in [7, 11) is 1.72. The minimum Gasteiger partial charge on any atom is -0.355 e. The van der Waals surface area contributed by atoms with Gasteiger partial charge in [0.1, 0.15) is 5.82 Å². The number of Topliss-reactive ketones (excluding diaryl/α,β-unsaturated/α-hetero) is 1. The van der Waals surface area contributed by atoms with Crippen molar-refractivity contribution in [2.45, 2.75) is 26.3 Å². The van der Waals surface area contributed by atoms with Gasteiger partial charge in [-0.3, -0.25) is 14.5 Å². The fourth-order valence-corrected chi connectivity index (χ4v) is 1.74. The maximum Gasteiger partial charge on any atom is 0.234 e. The molecule has 0 spiro atoms. The summed E-state index contributed by atoms with van der Waals surface area (Å²) in [5, 5.41) is 2.76. The minimum atomic E-state index is -0.437. The lowest BCUT2D eigenvalue weighted by molar-refractivity contribution is -0.122. The Hall–Kier alpha value is -1.75. The van der Waals surface area contributed by atoms with E-state index in [9.17, 15) is 14.0 Å². The summed E-state index contributed by atoms with van der Waals surface area (Å²) in [6, 6.07) is 4.99. The number of rotatable bonds is 7. The normalized spacial score (nSPS) is 12.2. The summed E-state index contributed by atoms with van der Waals surface area (Å²) in [5.74, 6) is -0.606. The van der Waals surface area contributed by atoms with E-state index in [1.165, 1.54) is 24.3 Å². The zero-order chi connectivity index (χ0) is 15.1. The van der Waals surface area contributed by atoms with Crippen LogP contribution in [0.4, 0.5) is 4.39 Å². The van der Waals surface area contributed by atoms with Crippen LogP contribution in [-0.2, 0) is 4.79 Å². The highest BCUT2D eigenvalue weighted by Gasteiger charge is 2.21. The minimum absolute atomic E-state index is 0.104. The van der Waals surface area contributed by atoms with E-state index in [2.05, 4.69) is 5.32 Å². The number of hydrogen-bond acceptors (Lipinski definition) is 3. The van der Waals surface area contributed by atoms with Crippen LogP contribution < -0.4 is 5.32 Å². The molecule has 1 unspecified atom stereocenters. The lowest BCUT2D eigenvalue weighted by Gasteiger charge is -2.23. The van der Waals surface area contributed by atoms with E-state index in [4.69, 9.17) is 0 Å². The second-order valence-corrected chi connectivity index (χ2v) is 4.81. The molecule has 0 bridgehead atoms. The van der Waals surface area contributed by atoms with Gasteiger partial charge in [-0.15, -0.1) is 0 Å². The number of amides is 1. The second-order valence-electron chi connectivity index (χ2n) is 4.81. The molecule has 0 aliphatic rings. The third kappa shape index (κ3) is 4.74. The standard InChI is InChI=1S/C15H21FN2O2/c1-4-9-17-14(19)10-18(3)11(2)15(20)12-5-7-13(16)8-6-12/h5-8,11H,4,9-10H2,1-3H3,(H,17,19). The number of halogens is 1. The molecule has 0 fully saturated rings. The first-order chi connectivity index (χ1) is 9.45. The number of ketones is 1. The number of likely N-dealkylation sites (N-methyl/N-ethyl adjacent to an activating group) is 1. The van der Waals surface area contributed by atoms with Crippen LogP contribution in [0.15, 0.2) is 24.3 Å². The predicted molar refractivity (Wildman–Crippen MR) is 76.1 cm³/mol. The van der Waals surface area contributed by atoms with E-state index >= 15 is 0 Å². The largest absolute Gasteiger partial charge is 0.355 e. The number of hydrogen-bond donors (Lipinski definition) is 1. The van der Waals surface area contributed by atoms with E-state index in [1.54, 1.807) is 18.9 Å². The second kappa shape index (κ2) is 7.75. The van der Waals surface area contributed by atoms with Gasteiger partial charge in [-0.25, -0.2) is 4.39 Å². The Balaban J connectivity index is 2.59. The molecule has 0 heterocycles. The van der Waals surface area contributed by atoms with Crippen LogP contribution in [0, 0.1) is 5.82 Å². The number of carbonyl (C=O) groups is 2. The molecule has 1 aromatic carbocycles. The molecule has 4 nitrogen and oxygen atoms in total. The molecule has 1 rings (SSSR count). The Kier molecular flexibility index (Phi) is 6.31. The van der Waals surface area contributed by atoms with Crippen LogP contribution in [0.3, 0.4) is 0 Å². The molecule has 1 aromatic rings. The third-order valence-corrected chi connectivity index (χ3v) is 3.13. The predicted octanol–water partition coefficient (Wildman–Crippen LogP) is 1.85. The van der Waals surface area contributed by atoms with Gasteiger partial charge >= 0.3 is 0 Å². The molecular formula is C15H21FN2O2. The van der Waals surface area contributed by atoms with Gasteiger partial charge in [0.15, 0.2) is 5.78 Å². The highest BCUT2D eigenvalue weighted by atomic mass is 19.1. The molecule has 0 saturated heterocycles. The quantitative estimate of drug-likeness (QED) is 0.776. The van der Waals surface area contributed by atoms with Crippen LogP contribution in [0.5, 0.6) is 0 Å². The van der Waals surface area contributed by atoms with Crippen LogP contribution >= 0.6 is 0 Å². The van der Waals surface area contributed by atoms with E-state index in [0.29, 0.717) is 12.1 Å². The highest BCUT2D eigenvalue weighted by Crippen LogP contribution is 2.09. The summed E-state index contributed by atoms with van der Waals surface area (Å²) in [6.07, 6.45) is 0.875. The van der Waals surface area contributed by atoms with Crippen molar-refractivity contribution in [3.05, 3.63) is 35.6 Å². The van der Waals surface area contributed by atoms with Gasteiger partial charge in [0.05, 0.1) is 12.6 Å². The molecule has 0 radical (unpaired) electrons. The van der Waals surface area contributed by atoms with Crippen LogP contribution in [-0.4, -0.2) is 42.8 Å². The molecule has 5 heteroatoms. The van der Waals surface area contributed by atoms with Crippen molar-refractivity contribution >= 4 is 11.7 Å². The number of carbonyl (C=O) groups excluding carboxylic acids is 2. The Labute approximate surface area is 119 Å². The number of benzene rings is 1. The smallest absolute Gasteiger partial charge is 0.234 e. The van der Waals surface area contributed by atoms with Crippen molar-refractivity contribution < 1.29 is 14.0 Å². The summed E-state index contributed by atoms with van der Waals surface area (Å²) in [4.78, 5) is 25.5. The molecule has 1 N–H and O–H groups in total. The first-order valence-electron chi connectivity index (χ1n) is 6.72. The van der Waals surface area contributed by atoms with Crippen molar-refractivity contribution in [1.82, 2.24) is 10.2 Å². The van der Waals surface area contributed by atoms with E-state index in [-0.39, 0.29) is 24.1 Å². The molecule has 110 valence electrons. The molecule has 0 saturated carbocycles. The Bertz CT molecular complexity index is 459. The highest BCUT2D eigenvalue weighted by molar-refractivity contribution is 6.00. The first kappa shape index (κ1) is 16.3. The molecule has 20 heavy (non-hydrogen) atoms. The molecule has 0 aliphatic carbocycles. The fourth-order valence-electron chi connectivity index (χ4n) is 1.74. The van der Waals surface area contributed by atoms with Gasteiger partial charge in [0.25, 0.3) is 0 Å². The van der Waals surface area contributed by atoms with E-state index < -0.39 is 6.04 Å². The van der Waals surface area contributed by atoms with Crippen LogP contribution in [0.2, 0.25) is 0 Å². The van der Waals surface area contributed by atoms with Gasteiger partial charge in [-0.2, -0.15) is 0 Å². The molecule has 0 aromatic heterocycles. The van der Waals surface area contributed by atoms with Crippen molar-refractivity contribution in [2.24, 2.45) is 0 Å². The van der Waals surface area contributed by atoms with Crippen molar-refractivity contribution in [2.75, 3.05) is 20.1 Å². The van der Waals surface area contributed by atoms with Crippen LogP contribution in [0.1, 0.15) is 30.6 Å². The summed E-state index contributed by atoms with van der Waals surface area (Å²) >= 11 is 0. The maximum absolute atomic E-state index is 12.8. The number of nitrogens with zero attached hydrogens (tertiary/aromatic N) is 1. The molecule has 0 aliphatic heterocycles. The lowest BCUT2D eigenvalue weighted by atomic mass is 10.0. The summed E-state index contributed by atoms with van der Waals surface area (Å²) in [5.41, 5.74) is 0.444. The first-order valence-corrected chi connectivity index (χ1v) is 6.72. The average Bonchev–Trinajstić information content (AvgIpc) is 2.44. The van der Waals surface area contributed by atoms with Crippen molar-refractivity contribution in [3.8, 4) is 0 Å². The Morgan fingerprint density at radius 1 is 1.30 bits per heavy atom. The van der Waals surface area contributed by atoms with Crippen molar-refractivity contribution in [3.63, 3.8) is 0 Å². The molecular weight excluding hydrogens is 259 g/mol.